The Bertz CT molecular complexity index is 354. The van der Waals surface area contributed by atoms with E-state index in [9.17, 15) is 13.2 Å². The van der Waals surface area contributed by atoms with Crippen molar-refractivity contribution in [1.29, 1.82) is 0 Å². The van der Waals surface area contributed by atoms with Gasteiger partial charge in [0.2, 0.25) is 5.88 Å². The summed E-state index contributed by atoms with van der Waals surface area (Å²) in [6, 6.07) is 0. The largest absolute Gasteiger partial charge is 0.531 e. The van der Waals surface area contributed by atoms with Crippen LogP contribution in [0.15, 0.2) is 18.6 Å². The second-order valence-electron chi connectivity index (χ2n) is 1.71. The fourth-order valence-electron chi connectivity index (χ4n) is 0.503. The zero-order valence-corrected chi connectivity index (χ0v) is 7.01. The van der Waals surface area contributed by atoms with Crippen LogP contribution in [0.25, 0.3) is 0 Å². The first kappa shape index (κ1) is 9.39. The van der Waals surface area contributed by atoms with Crippen LogP contribution in [0.4, 0.5) is 4.79 Å². The van der Waals surface area contributed by atoms with Gasteiger partial charge in [-0.25, -0.2) is 9.78 Å². The van der Waals surface area contributed by atoms with Crippen LogP contribution in [0.5, 0.6) is 5.88 Å². The maximum atomic E-state index is 10.5. The number of hydrogen-bond donors (Lipinski definition) is 1. The van der Waals surface area contributed by atoms with E-state index in [0.717, 1.165) is 6.20 Å². The molecular weight excluding hydrogens is 200 g/mol. The van der Waals surface area contributed by atoms with E-state index in [2.05, 4.69) is 18.9 Å². The van der Waals surface area contributed by atoms with Gasteiger partial charge in [0, 0.05) is 12.4 Å². The van der Waals surface area contributed by atoms with E-state index in [1.165, 1.54) is 12.4 Å². The first-order valence-corrected chi connectivity index (χ1v) is 4.08. The summed E-state index contributed by atoms with van der Waals surface area (Å²) >= 11 is 0. The van der Waals surface area contributed by atoms with Gasteiger partial charge in [0.1, 0.15) is 0 Å². The highest BCUT2D eigenvalue weighted by Gasteiger charge is 2.07. The summed E-state index contributed by atoms with van der Waals surface area (Å²) in [5.74, 6) is -0.135. The van der Waals surface area contributed by atoms with Gasteiger partial charge in [-0.05, 0) is 0 Å². The van der Waals surface area contributed by atoms with Gasteiger partial charge in [0.25, 0.3) is 0 Å². The highest BCUT2D eigenvalue weighted by atomic mass is 32.2. The van der Waals surface area contributed by atoms with Crippen molar-refractivity contribution in [2.45, 2.75) is 0 Å². The lowest BCUT2D eigenvalue weighted by atomic mass is 10.7. The van der Waals surface area contributed by atoms with E-state index < -0.39 is 17.1 Å². The third kappa shape index (κ3) is 3.47. The van der Waals surface area contributed by atoms with Crippen molar-refractivity contribution in [3.05, 3.63) is 18.6 Å². The van der Waals surface area contributed by atoms with Crippen LogP contribution < -0.4 is 4.74 Å². The van der Waals surface area contributed by atoms with E-state index in [4.69, 9.17) is 0 Å². The van der Waals surface area contributed by atoms with Crippen LogP contribution in [-0.2, 0) is 15.2 Å². The Morgan fingerprint density at radius 1 is 1.38 bits per heavy atom. The highest BCUT2D eigenvalue weighted by molar-refractivity contribution is 7.67. The predicted molar refractivity (Wildman–Crippen MR) is 39.5 cm³/mol. The molecule has 0 aliphatic rings. The summed E-state index contributed by atoms with van der Waals surface area (Å²) in [6.45, 7) is 0. The molecular formula is C5H4N2O5S. The maximum Gasteiger partial charge on any atom is 0.531 e. The van der Waals surface area contributed by atoms with Crippen LogP contribution in [0.1, 0.15) is 0 Å². The fraction of sp³-hybridized carbons (Fsp3) is 0. The number of rotatable bonds is 2. The predicted octanol–water partition coefficient (Wildman–Crippen LogP) is -0.482. The highest BCUT2D eigenvalue weighted by Crippen LogP contribution is 2.01. The van der Waals surface area contributed by atoms with Gasteiger partial charge >= 0.3 is 17.1 Å². The monoisotopic (exact) mass is 204 g/mol. The molecule has 0 radical (unpaired) electrons. The SMILES string of the molecule is O=C(Oc1cnccn1)O[SH](=O)=O. The lowest BCUT2D eigenvalue weighted by molar-refractivity contribution is 0.154. The quantitative estimate of drug-likeness (QED) is 0.513. The summed E-state index contributed by atoms with van der Waals surface area (Å²) in [5, 5.41) is 0. The van der Waals surface area contributed by atoms with Gasteiger partial charge in [-0.1, -0.05) is 0 Å². The molecule has 1 aromatic rings. The fourth-order valence-corrected chi connectivity index (χ4v) is 0.662. The third-order valence-corrected chi connectivity index (χ3v) is 1.17. The molecule has 1 heterocycles. The Kier molecular flexibility index (Phi) is 3.15. The molecule has 0 atom stereocenters. The number of carbonyl (C=O) groups is 1. The summed E-state index contributed by atoms with van der Waals surface area (Å²) in [4.78, 5) is 17.6. The average Bonchev–Trinajstić information content (AvgIpc) is 2.04. The number of aromatic nitrogens is 2. The number of thiol groups is 1. The topological polar surface area (TPSA) is 95.4 Å². The second-order valence-corrected chi connectivity index (χ2v) is 2.34. The Hall–Kier alpha value is -1.70. The van der Waals surface area contributed by atoms with Crippen LogP contribution in [-0.4, -0.2) is 24.5 Å². The molecule has 13 heavy (non-hydrogen) atoms. The summed E-state index contributed by atoms with van der Waals surface area (Å²) in [5.41, 5.74) is 0. The molecule has 0 aliphatic carbocycles. The van der Waals surface area contributed by atoms with Crippen molar-refractivity contribution < 1.29 is 22.1 Å². The van der Waals surface area contributed by atoms with Crippen LogP contribution >= 0.6 is 0 Å². The Labute approximate surface area is 74.5 Å². The number of carbonyl (C=O) groups excluding carboxylic acids is 1. The number of ether oxygens (including phenoxy) is 1. The molecule has 0 unspecified atom stereocenters. The Balaban J connectivity index is 2.55. The van der Waals surface area contributed by atoms with Gasteiger partial charge in [-0.15, -0.1) is 0 Å². The van der Waals surface area contributed by atoms with E-state index in [1.54, 1.807) is 0 Å². The second kappa shape index (κ2) is 4.36. The molecule has 8 heteroatoms. The smallest absolute Gasteiger partial charge is 0.373 e. The van der Waals surface area contributed by atoms with Crippen molar-refractivity contribution in [3.8, 4) is 5.88 Å². The third-order valence-electron chi connectivity index (χ3n) is 0.876. The van der Waals surface area contributed by atoms with Gasteiger partial charge < -0.3 is 8.92 Å². The average molecular weight is 204 g/mol. The molecule has 1 aromatic heterocycles. The van der Waals surface area contributed by atoms with Crippen molar-refractivity contribution >= 4 is 17.1 Å². The lowest BCUT2D eigenvalue weighted by Gasteiger charge is -1.97. The first-order valence-electron chi connectivity index (χ1n) is 2.98. The standard InChI is InChI=1S/C5H4N2O5S/c8-5(12-13(9)10)11-4-3-6-1-2-7-4/h1-3,13H. The minimum Gasteiger partial charge on any atom is -0.373 e. The van der Waals surface area contributed by atoms with Crippen molar-refractivity contribution in [3.63, 3.8) is 0 Å². The summed E-state index contributed by atoms with van der Waals surface area (Å²) < 4.78 is 27.7. The summed E-state index contributed by atoms with van der Waals surface area (Å²) in [6.07, 6.45) is 2.42. The summed E-state index contributed by atoms with van der Waals surface area (Å²) in [7, 11) is -3.26. The van der Waals surface area contributed by atoms with E-state index in [0.29, 0.717) is 0 Å². The van der Waals surface area contributed by atoms with E-state index in [1.807, 2.05) is 0 Å². The molecule has 0 saturated carbocycles. The Morgan fingerprint density at radius 3 is 2.69 bits per heavy atom. The van der Waals surface area contributed by atoms with Crippen LogP contribution in [0.2, 0.25) is 0 Å². The zero-order chi connectivity index (χ0) is 9.68. The molecule has 0 saturated heterocycles. The molecule has 0 amide bonds. The molecule has 70 valence electrons. The van der Waals surface area contributed by atoms with Crippen molar-refractivity contribution in [2.24, 2.45) is 0 Å². The normalized spacial score (nSPS) is 9.62. The molecule has 0 aliphatic heterocycles. The minimum absolute atomic E-state index is 0.135. The molecule has 0 bridgehead atoms. The number of hydrogen-bond acceptors (Lipinski definition) is 7. The molecule has 0 fully saturated rings. The molecule has 0 spiro atoms. The van der Waals surface area contributed by atoms with Crippen LogP contribution in [0.3, 0.4) is 0 Å². The van der Waals surface area contributed by atoms with Crippen LogP contribution in [0, 0.1) is 0 Å². The van der Waals surface area contributed by atoms with Gasteiger partial charge in [-0.2, -0.15) is 8.42 Å². The molecule has 1 rings (SSSR count). The van der Waals surface area contributed by atoms with E-state index in [-0.39, 0.29) is 5.88 Å². The number of nitrogens with zero attached hydrogens (tertiary/aromatic N) is 2. The Morgan fingerprint density at radius 2 is 2.15 bits per heavy atom. The van der Waals surface area contributed by atoms with Crippen molar-refractivity contribution in [2.75, 3.05) is 0 Å². The lowest BCUT2D eigenvalue weighted by Crippen LogP contribution is -2.10. The molecule has 0 aromatic carbocycles. The van der Waals surface area contributed by atoms with Crippen molar-refractivity contribution in [1.82, 2.24) is 9.97 Å². The van der Waals surface area contributed by atoms with Gasteiger partial charge in [0.15, 0.2) is 0 Å². The molecule has 7 nitrogen and oxygen atoms in total. The van der Waals surface area contributed by atoms with Gasteiger partial charge in [0.05, 0.1) is 6.20 Å². The maximum absolute atomic E-state index is 10.5. The molecule has 0 N–H and O–H groups in total. The van der Waals surface area contributed by atoms with Gasteiger partial charge in [-0.3, -0.25) is 4.98 Å². The minimum atomic E-state index is -3.26. The zero-order valence-electron chi connectivity index (χ0n) is 6.11. The first-order chi connectivity index (χ1) is 6.18. The van der Waals surface area contributed by atoms with E-state index >= 15 is 0 Å².